The normalized spacial score (nSPS) is 44.2. The maximum atomic E-state index is 5.66. The van der Waals surface area contributed by atoms with Gasteiger partial charge in [-0.3, -0.25) is 4.90 Å². The zero-order valence-electron chi connectivity index (χ0n) is 17.7. The summed E-state index contributed by atoms with van der Waals surface area (Å²) >= 11 is 0. The van der Waals surface area contributed by atoms with Crippen LogP contribution in [-0.4, -0.2) is 49.6 Å². The Morgan fingerprint density at radius 3 is 2.71 bits per heavy atom. The fourth-order valence-corrected chi connectivity index (χ4v) is 8.29. The number of hydrogen-bond acceptors (Lipinski definition) is 3. The summed E-state index contributed by atoms with van der Waals surface area (Å²) in [6, 6.07) is 7.69. The van der Waals surface area contributed by atoms with Crippen molar-refractivity contribution in [1.29, 1.82) is 0 Å². The van der Waals surface area contributed by atoms with Crippen LogP contribution in [0.15, 0.2) is 18.2 Å². The van der Waals surface area contributed by atoms with Crippen molar-refractivity contribution in [1.82, 2.24) is 9.80 Å². The molecule has 4 aliphatic heterocycles. The van der Waals surface area contributed by atoms with Crippen LogP contribution in [0.5, 0.6) is 5.75 Å². The van der Waals surface area contributed by atoms with Crippen molar-refractivity contribution in [3.8, 4) is 5.75 Å². The number of methoxy groups -OCH3 is 1. The highest BCUT2D eigenvalue weighted by atomic mass is 16.5. The average Bonchev–Trinajstić information content (AvgIpc) is 2.90. The Morgan fingerprint density at radius 1 is 1.11 bits per heavy atom. The van der Waals surface area contributed by atoms with Crippen molar-refractivity contribution >= 4 is 0 Å². The lowest BCUT2D eigenvalue weighted by atomic mass is 9.57. The lowest BCUT2D eigenvalue weighted by Gasteiger charge is -2.55. The van der Waals surface area contributed by atoms with Gasteiger partial charge >= 0.3 is 0 Å². The van der Waals surface area contributed by atoms with Crippen LogP contribution in [0.4, 0.5) is 0 Å². The molecule has 0 N–H and O–H groups in total. The maximum absolute atomic E-state index is 5.66. The van der Waals surface area contributed by atoms with Crippen LogP contribution < -0.4 is 4.74 Å². The molecular weight excluding hydrogens is 344 g/mol. The smallest absolute Gasteiger partial charge is 0.119 e. The van der Waals surface area contributed by atoms with Crippen LogP contribution >= 0.6 is 0 Å². The Hall–Kier alpha value is -1.06. The molecule has 0 aromatic heterocycles. The minimum atomic E-state index is 0.415. The van der Waals surface area contributed by atoms with Crippen molar-refractivity contribution < 1.29 is 4.74 Å². The predicted molar refractivity (Wildman–Crippen MR) is 113 cm³/mol. The molecule has 1 aromatic carbocycles. The molecule has 1 aromatic rings. The fraction of sp³-hybridized carbons (Fsp3) is 0.760. The zero-order valence-corrected chi connectivity index (χ0v) is 17.7. The summed E-state index contributed by atoms with van der Waals surface area (Å²) in [4.78, 5) is 5.68. The van der Waals surface area contributed by atoms with Crippen molar-refractivity contribution in [2.45, 2.75) is 56.9 Å². The van der Waals surface area contributed by atoms with E-state index in [2.05, 4.69) is 34.9 Å². The van der Waals surface area contributed by atoms with Gasteiger partial charge in [-0.15, -0.1) is 0 Å². The highest BCUT2D eigenvalue weighted by molar-refractivity contribution is 5.50. The van der Waals surface area contributed by atoms with Gasteiger partial charge in [0.2, 0.25) is 0 Å². The molecule has 5 atom stereocenters. The van der Waals surface area contributed by atoms with Crippen molar-refractivity contribution in [2.24, 2.45) is 23.7 Å². The van der Waals surface area contributed by atoms with Crippen molar-refractivity contribution in [3.05, 3.63) is 29.3 Å². The number of hydrogen-bond donors (Lipinski definition) is 0. The Balaban J connectivity index is 1.38. The Labute approximate surface area is 170 Å². The quantitative estimate of drug-likeness (QED) is 0.769. The lowest BCUT2D eigenvalue weighted by Crippen LogP contribution is -2.56. The second kappa shape index (κ2) is 6.47. The van der Waals surface area contributed by atoms with Crippen LogP contribution in [0.25, 0.3) is 0 Å². The van der Waals surface area contributed by atoms with E-state index in [1.165, 1.54) is 71.2 Å². The van der Waals surface area contributed by atoms with E-state index in [9.17, 15) is 0 Å². The summed E-state index contributed by atoms with van der Waals surface area (Å²) in [5, 5.41) is 0. The number of piperidine rings is 4. The summed E-state index contributed by atoms with van der Waals surface area (Å²) in [5.74, 6) is 4.51. The first-order valence-electron chi connectivity index (χ1n) is 11.9. The van der Waals surface area contributed by atoms with E-state index in [-0.39, 0.29) is 0 Å². The monoisotopic (exact) mass is 380 g/mol. The maximum Gasteiger partial charge on any atom is 0.119 e. The third kappa shape index (κ3) is 2.35. The summed E-state index contributed by atoms with van der Waals surface area (Å²) in [6.45, 7) is 9.31. The Bertz CT molecular complexity index is 751. The summed E-state index contributed by atoms with van der Waals surface area (Å²) < 4.78 is 5.66. The first-order valence-corrected chi connectivity index (χ1v) is 11.9. The molecule has 3 heteroatoms. The van der Waals surface area contributed by atoms with Gasteiger partial charge in [0.25, 0.3) is 0 Å². The zero-order chi connectivity index (χ0) is 18.9. The standard InChI is InChI=1S/C25H36N2O/c1-17-24-22-7-6-21(28-2)13-23(22)25(17)10-4-3-5-20(25)16-27(24)15-19-14-26-11-8-18(19)9-12-26/h6-7,13,17-20,24H,3-5,8-12,14-16H2,1-2H3/t17-,19?,20?,24-,25?/m0/s1. The van der Waals surface area contributed by atoms with Crippen molar-refractivity contribution in [3.63, 3.8) is 0 Å². The minimum Gasteiger partial charge on any atom is -0.497 e. The number of benzene rings is 1. The van der Waals surface area contributed by atoms with Gasteiger partial charge in [0, 0.05) is 31.1 Å². The second-order valence-electron chi connectivity index (χ2n) is 10.5. The molecule has 0 radical (unpaired) electrons. The van der Waals surface area contributed by atoms with E-state index in [1.54, 1.807) is 11.1 Å². The van der Waals surface area contributed by atoms with Crippen LogP contribution in [0.2, 0.25) is 0 Å². The number of fused-ring (bicyclic) bond motifs is 6. The average molecular weight is 381 g/mol. The van der Waals surface area contributed by atoms with E-state index in [0.717, 1.165) is 29.4 Å². The van der Waals surface area contributed by atoms with Crippen LogP contribution in [0.1, 0.15) is 62.6 Å². The van der Waals surface area contributed by atoms with E-state index in [0.29, 0.717) is 11.5 Å². The first kappa shape index (κ1) is 17.8. The molecule has 0 amide bonds. The Kier molecular flexibility index (Phi) is 4.11. The van der Waals surface area contributed by atoms with E-state index in [4.69, 9.17) is 4.74 Å². The minimum absolute atomic E-state index is 0.415. The molecule has 4 heterocycles. The molecule has 7 rings (SSSR count). The third-order valence-electron chi connectivity index (χ3n) is 9.60. The SMILES string of the molecule is COc1ccc2c(c1)C13CCCCC1CN(CC1CN4CCC1CC4)[C@H]2[C@@H]3C. The summed E-state index contributed by atoms with van der Waals surface area (Å²) in [7, 11) is 1.82. The molecule has 3 unspecified atom stereocenters. The first-order chi connectivity index (χ1) is 13.7. The molecule has 4 saturated heterocycles. The highest BCUT2D eigenvalue weighted by Gasteiger charge is 2.60. The Morgan fingerprint density at radius 2 is 1.96 bits per heavy atom. The van der Waals surface area contributed by atoms with Gasteiger partial charge in [0.1, 0.15) is 5.75 Å². The third-order valence-corrected chi connectivity index (χ3v) is 9.60. The number of ether oxygens (including phenoxy) is 1. The van der Waals surface area contributed by atoms with Gasteiger partial charge in [-0.25, -0.2) is 0 Å². The van der Waals surface area contributed by atoms with Gasteiger partial charge in [-0.05, 0) is 85.7 Å². The van der Waals surface area contributed by atoms with Crippen LogP contribution in [0.3, 0.4) is 0 Å². The molecule has 152 valence electrons. The largest absolute Gasteiger partial charge is 0.497 e. The number of likely N-dealkylation sites (tertiary alicyclic amines) is 1. The highest BCUT2D eigenvalue weighted by Crippen LogP contribution is 2.64. The van der Waals surface area contributed by atoms with Gasteiger partial charge in [0.05, 0.1) is 7.11 Å². The summed E-state index contributed by atoms with van der Waals surface area (Å²) in [6.07, 6.45) is 8.54. The molecule has 1 spiro atoms. The predicted octanol–water partition coefficient (Wildman–Crippen LogP) is 4.47. The van der Waals surface area contributed by atoms with Gasteiger partial charge in [-0.1, -0.05) is 25.8 Å². The van der Waals surface area contributed by atoms with Crippen molar-refractivity contribution in [2.75, 3.05) is 39.8 Å². The van der Waals surface area contributed by atoms with Gasteiger partial charge < -0.3 is 9.64 Å². The molecule has 2 aliphatic carbocycles. The molecule has 3 nitrogen and oxygen atoms in total. The molecule has 5 fully saturated rings. The van der Waals surface area contributed by atoms with Gasteiger partial charge in [-0.2, -0.15) is 0 Å². The number of rotatable bonds is 3. The fourth-order valence-electron chi connectivity index (χ4n) is 8.29. The summed E-state index contributed by atoms with van der Waals surface area (Å²) in [5.41, 5.74) is 3.71. The van der Waals surface area contributed by atoms with E-state index < -0.39 is 0 Å². The molecular formula is C25H36N2O. The molecule has 6 aliphatic rings. The topological polar surface area (TPSA) is 15.7 Å². The van der Waals surface area contributed by atoms with Crippen LogP contribution in [0, 0.1) is 23.7 Å². The van der Waals surface area contributed by atoms with E-state index >= 15 is 0 Å². The molecule has 4 bridgehead atoms. The second-order valence-corrected chi connectivity index (χ2v) is 10.5. The number of nitrogens with zero attached hydrogens (tertiary/aromatic N) is 2. The lowest BCUT2D eigenvalue weighted by molar-refractivity contribution is -0.0441. The molecule has 28 heavy (non-hydrogen) atoms. The van der Waals surface area contributed by atoms with Crippen LogP contribution in [-0.2, 0) is 5.41 Å². The van der Waals surface area contributed by atoms with E-state index in [1.807, 2.05) is 7.11 Å². The van der Waals surface area contributed by atoms with Gasteiger partial charge in [0.15, 0.2) is 0 Å². The molecule has 1 saturated carbocycles.